The third-order valence-electron chi connectivity index (χ3n) is 3.10. The van der Waals surface area contributed by atoms with Gasteiger partial charge < -0.3 is 0 Å². The van der Waals surface area contributed by atoms with Gasteiger partial charge in [-0.2, -0.15) is 0 Å². The van der Waals surface area contributed by atoms with Crippen LogP contribution in [0.5, 0.6) is 0 Å². The van der Waals surface area contributed by atoms with Gasteiger partial charge in [-0.05, 0) is 26.2 Å². The highest BCUT2D eigenvalue weighted by molar-refractivity contribution is 7.09. The van der Waals surface area contributed by atoms with Gasteiger partial charge in [0.05, 0.1) is 10.7 Å². The van der Waals surface area contributed by atoms with Gasteiger partial charge >= 0.3 is 0 Å². The molecule has 82 valence electrons. The van der Waals surface area contributed by atoms with Gasteiger partial charge in [-0.3, -0.25) is 4.79 Å². The smallest absolute Gasteiger partial charge is 0.136 e. The Morgan fingerprint density at radius 2 is 2.27 bits per heavy atom. The quantitative estimate of drug-likeness (QED) is 0.785. The second-order valence-corrected chi connectivity index (χ2v) is 5.37. The Morgan fingerprint density at radius 3 is 2.87 bits per heavy atom. The van der Waals surface area contributed by atoms with Crippen LogP contribution in [0.3, 0.4) is 0 Å². The van der Waals surface area contributed by atoms with E-state index in [9.17, 15) is 4.79 Å². The van der Waals surface area contributed by atoms with Crippen LogP contribution in [0, 0.1) is 12.8 Å². The van der Waals surface area contributed by atoms with Gasteiger partial charge in [-0.1, -0.05) is 12.8 Å². The molecule has 0 bridgehead atoms. The zero-order valence-electron chi connectivity index (χ0n) is 9.16. The number of carbonyl (C=O) groups is 1. The molecule has 0 atom stereocenters. The van der Waals surface area contributed by atoms with E-state index >= 15 is 0 Å². The molecule has 0 aromatic carbocycles. The van der Waals surface area contributed by atoms with Crippen LogP contribution in [0.1, 0.15) is 42.8 Å². The fourth-order valence-electron chi connectivity index (χ4n) is 2.23. The Hall–Kier alpha value is -0.700. The minimum Gasteiger partial charge on any atom is -0.299 e. The summed E-state index contributed by atoms with van der Waals surface area (Å²) in [6.07, 6.45) is 6.25. The molecule has 3 heteroatoms. The third kappa shape index (κ3) is 2.88. The van der Waals surface area contributed by atoms with Gasteiger partial charge in [0, 0.05) is 17.7 Å². The molecule has 1 fully saturated rings. The minimum absolute atomic E-state index is 0.365. The van der Waals surface area contributed by atoms with Crippen molar-refractivity contribution < 1.29 is 4.79 Å². The summed E-state index contributed by atoms with van der Waals surface area (Å²) in [5.41, 5.74) is 1.09. The Bertz CT molecular complexity index is 339. The predicted octanol–water partition coefficient (Wildman–Crippen LogP) is 3.14. The van der Waals surface area contributed by atoms with Gasteiger partial charge in [-0.15, -0.1) is 11.3 Å². The summed E-state index contributed by atoms with van der Waals surface area (Å²) in [5.74, 6) is 0.822. The number of ketones is 1. The molecule has 0 radical (unpaired) electrons. The Balaban J connectivity index is 1.80. The van der Waals surface area contributed by atoms with Gasteiger partial charge in [0.25, 0.3) is 0 Å². The van der Waals surface area contributed by atoms with E-state index in [1.165, 1.54) is 12.8 Å². The Labute approximate surface area is 94.7 Å². The van der Waals surface area contributed by atoms with Crippen LogP contribution in [0.15, 0.2) is 5.38 Å². The van der Waals surface area contributed by atoms with Crippen molar-refractivity contribution in [1.82, 2.24) is 4.98 Å². The van der Waals surface area contributed by atoms with Crippen molar-refractivity contribution in [3.8, 4) is 0 Å². The average molecular weight is 223 g/mol. The largest absolute Gasteiger partial charge is 0.299 e. The molecule has 0 N–H and O–H groups in total. The van der Waals surface area contributed by atoms with Crippen LogP contribution in [-0.2, 0) is 11.2 Å². The van der Waals surface area contributed by atoms with Crippen molar-refractivity contribution in [3.05, 3.63) is 16.1 Å². The normalized spacial score (nSPS) is 17.1. The first-order valence-electron chi connectivity index (χ1n) is 5.69. The number of thiazole rings is 1. The molecule has 1 heterocycles. The maximum Gasteiger partial charge on any atom is 0.136 e. The van der Waals surface area contributed by atoms with E-state index in [1.807, 2.05) is 6.92 Å². The molecule has 0 aliphatic heterocycles. The first kappa shape index (κ1) is 10.8. The van der Waals surface area contributed by atoms with Gasteiger partial charge in [0.2, 0.25) is 0 Å². The van der Waals surface area contributed by atoms with Crippen LogP contribution in [-0.4, -0.2) is 10.8 Å². The van der Waals surface area contributed by atoms with E-state index in [0.29, 0.717) is 18.1 Å². The monoisotopic (exact) mass is 223 g/mol. The number of aryl methyl sites for hydroxylation is 2. The van der Waals surface area contributed by atoms with Crippen LogP contribution >= 0.6 is 11.3 Å². The van der Waals surface area contributed by atoms with E-state index in [0.717, 1.165) is 30.0 Å². The maximum atomic E-state index is 11.8. The lowest BCUT2D eigenvalue weighted by Gasteiger charge is -2.05. The fourth-order valence-corrected chi connectivity index (χ4v) is 2.87. The summed E-state index contributed by atoms with van der Waals surface area (Å²) in [7, 11) is 0. The summed E-state index contributed by atoms with van der Waals surface area (Å²) in [6.45, 7) is 2.01. The summed E-state index contributed by atoms with van der Waals surface area (Å²) >= 11 is 1.67. The standard InChI is InChI=1S/C12H17NOS/c1-9-13-11(8-15-9)6-7-12(14)10-4-2-3-5-10/h8,10H,2-7H2,1H3. The summed E-state index contributed by atoms with van der Waals surface area (Å²) in [4.78, 5) is 16.2. The molecule has 1 aliphatic carbocycles. The fraction of sp³-hybridized carbons (Fsp3) is 0.667. The molecule has 0 saturated heterocycles. The van der Waals surface area contributed by atoms with Crippen molar-refractivity contribution in [1.29, 1.82) is 0 Å². The minimum atomic E-state index is 0.365. The van der Waals surface area contributed by atoms with E-state index < -0.39 is 0 Å². The van der Waals surface area contributed by atoms with Crippen molar-refractivity contribution in [2.24, 2.45) is 5.92 Å². The van der Waals surface area contributed by atoms with E-state index in [-0.39, 0.29) is 0 Å². The lowest BCUT2D eigenvalue weighted by atomic mass is 9.98. The Morgan fingerprint density at radius 1 is 1.53 bits per heavy atom. The predicted molar refractivity (Wildman–Crippen MR) is 62.1 cm³/mol. The molecule has 2 rings (SSSR count). The summed E-state index contributed by atoms with van der Waals surface area (Å²) in [6, 6.07) is 0. The second-order valence-electron chi connectivity index (χ2n) is 4.31. The molecule has 1 aliphatic rings. The van der Waals surface area contributed by atoms with Crippen molar-refractivity contribution in [3.63, 3.8) is 0 Å². The molecule has 0 spiro atoms. The number of nitrogens with zero attached hydrogens (tertiary/aromatic N) is 1. The number of carbonyl (C=O) groups excluding carboxylic acids is 1. The molecular formula is C12H17NOS. The molecule has 1 saturated carbocycles. The molecule has 15 heavy (non-hydrogen) atoms. The van der Waals surface area contributed by atoms with E-state index in [2.05, 4.69) is 10.4 Å². The van der Waals surface area contributed by atoms with Crippen molar-refractivity contribution >= 4 is 17.1 Å². The van der Waals surface area contributed by atoms with E-state index in [4.69, 9.17) is 0 Å². The average Bonchev–Trinajstić information content (AvgIpc) is 2.84. The van der Waals surface area contributed by atoms with E-state index in [1.54, 1.807) is 11.3 Å². The number of aromatic nitrogens is 1. The zero-order valence-corrected chi connectivity index (χ0v) is 9.98. The van der Waals surface area contributed by atoms with Gasteiger partial charge in [-0.25, -0.2) is 4.98 Å². The highest BCUT2D eigenvalue weighted by Gasteiger charge is 2.22. The third-order valence-corrected chi connectivity index (χ3v) is 3.93. The lowest BCUT2D eigenvalue weighted by Crippen LogP contribution is -2.11. The molecule has 0 unspecified atom stereocenters. The summed E-state index contributed by atoms with van der Waals surface area (Å²) in [5, 5.41) is 3.16. The molecule has 2 nitrogen and oxygen atoms in total. The Kier molecular flexibility index (Phi) is 3.52. The molecule has 1 aromatic rings. The molecule has 0 amide bonds. The van der Waals surface area contributed by atoms with Crippen molar-refractivity contribution in [2.75, 3.05) is 0 Å². The second kappa shape index (κ2) is 4.88. The number of hydrogen-bond acceptors (Lipinski definition) is 3. The SMILES string of the molecule is Cc1nc(CCC(=O)C2CCCC2)cs1. The topological polar surface area (TPSA) is 30.0 Å². The van der Waals surface area contributed by atoms with Crippen molar-refractivity contribution in [2.45, 2.75) is 45.4 Å². The van der Waals surface area contributed by atoms with Crippen LogP contribution in [0.4, 0.5) is 0 Å². The number of hydrogen-bond donors (Lipinski definition) is 0. The number of Topliss-reactive ketones (excluding diaryl/α,β-unsaturated/α-hetero) is 1. The lowest BCUT2D eigenvalue weighted by molar-refractivity contribution is -0.122. The van der Waals surface area contributed by atoms with Crippen LogP contribution < -0.4 is 0 Å². The van der Waals surface area contributed by atoms with Crippen LogP contribution in [0.2, 0.25) is 0 Å². The first-order chi connectivity index (χ1) is 7.25. The molecular weight excluding hydrogens is 206 g/mol. The highest BCUT2D eigenvalue weighted by Crippen LogP contribution is 2.26. The number of rotatable bonds is 4. The van der Waals surface area contributed by atoms with Crippen LogP contribution in [0.25, 0.3) is 0 Å². The maximum absolute atomic E-state index is 11.8. The zero-order chi connectivity index (χ0) is 10.7. The van der Waals surface area contributed by atoms with Gasteiger partial charge in [0.1, 0.15) is 5.78 Å². The summed E-state index contributed by atoms with van der Waals surface area (Å²) < 4.78 is 0. The first-order valence-corrected chi connectivity index (χ1v) is 6.57. The highest BCUT2D eigenvalue weighted by atomic mass is 32.1. The van der Waals surface area contributed by atoms with Gasteiger partial charge in [0.15, 0.2) is 0 Å². The molecule has 1 aromatic heterocycles.